The summed E-state index contributed by atoms with van der Waals surface area (Å²) in [5.41, 5.74) is 4.16. The second-order valence-electron chi connectivity index (χ2n) is 7.16. The van der Waals surface area contributed by atoms with Gasteiger partial charge in [-0.1, -0.05) is 24.3 Å². The standard InChI is InChI=1S/C22H23N3S.ClH/c1-23-15-17(18-5-2-3-6-20(18)23)16-24-10-12-25(13-11-24)21-7-4-8-22-19(21)9-14-26-22;/h2-9,14-15H,10-13,16H2,1H3;1H. The van der Waals surface area contributed by atoms with Gasteiger partial charge in [-0.05, 0) is 35.2 Å². The van der Waals surface area contributed by atoms with Crippen LogP contribution in [-0.2, 0) is 13.6 Å². The predicted octanol–water partition coefficient (Wildman–Crippen LogP) is 5.14. The lowest BCUT2D eigenvalue weighted by atomic mass is 10.1. The first-order chi connectivity index (χ1) is 12.8. The van der Waals surface area contributed by atoms with Gasteiger partial charge < -0.3 is 9.47 Å². The SMILES string of the molecule is Cl.Cn1cc(CN2CCN(c3cccc4sccc34)CC2)c2ccccc21. The number of aromatic nitrogens is 1. The van der Waals surface area contributed by atoms with Gasteiger partial charge in [0.05, 0.1) is 0 Å². The Morgan fingerprint density at radius 3 is 2.56 bits per heavy atom. The van der Waals surface area contributed by atoms with E-state index in [1.165, 1.54) is 32.2 Å². The van der Waals surface area contributed by atoms with Gasteiger partial charge in [0.2, 0.25) is 0 Å². The Hall–Kier alpha value is -2.01. The number of thiophene rings is 1. The van der Waals surface area contributed by atoms with Crippen LogP contribution in [0, 0.1) is 0 Å². The summed E-state index contributed by atoms with van der Waals surface area (Å²) >= 11 is 1.83. The van der Waals surface area contributed by atoms with Gasteiger partial charge in [0.1, 0.15) is 0 Å². The van der Waals surface area contributed by atoms with Crippen molar-refractivity contribution in [3.05, 3.63) is 65.7 Å². The van der Waals surface area contributed by atoms with Crippen molar-refractivity contribution in [1.29, 1.82) is 0 Å². The highest BCUT2D eigenvalue weighted by Crippen LogP contribution is 2.31. The van der Waals surface area contributed by atoms with Crippen LogP contribution >= 0.6 is 23.7 Å². The maximum Gasteiger partial charge on any atom is 0.0481 e. The molecule has 2 aromatic heterocycles. The average molecular weight is 398 g/mol. The van der Waals surface area contributed by atoms with E-state index in [-0.39, 0.29) is 12.4 Å². The van der Waals surface area contributed by atoms with Gasteiger partial charge in [0, 0.05) is 72.6 Å². The zero-order chi connectivity index (χ0) is 17.5. The normalized spacial score (nSPS) is 15.4. The van der Waals surface area contributed by atoms with Gasteiger partial charge in [-0.3, -0.25) is 4.90 Å². The molecule has 1 fully saturated rings. The molecule has 0 atom stereocenters. The fourth-order valence-corrected chi connectivity index (χ4v) is 5.00. The molecule has 0 unspecified atom stereocenters. The molecular weight excluding hydrogens is 374 g/mol. The fourth-order valence-electron chi connectivity index (χ4n) is 4.19. The molecular formula is C22H24ClN3S. The van der Waals surface area contributed by atoms with Crippen LogP contribution in [0.25, 0.3) is 21.0 Å². The molecule has 2 aromatic carbocycles. The third kappa shape index (κ3) is 3.33. The number of piperazine rings is 1. The number of rotatable bonds is 3. The van der Waals surface area contributed by atoms with Gasteiger partial charge >= 0.3 is 0 Å². The summed E-state index contributed by atoms with van der Waals surface area (Å²) in [6, 6.07) is 17.7. The summed E-state index contributed by atoms with van der Waals surface area (Å²) in [5, 5.41) is 4.99. The molecule has 3 nitrogen and oxygen atoms in total. The van der Waals surface area contributed by atoms with Crippen molar-refractivity contribution >= 4 is 50.4 Å². The third-order valence-corrected chi connectivity index (χ3v) is 6.44. The molecule has 140 valence electrons. The van der Waals surface area contributed by atoms with E-state index in [2.05, 4.69) is 81.5 Å². The van der Waals surface area contributed by atoms with Crippen LogP contribution in [0.2, 0.25) is 0 Å². The van der Waals surface area contributed by atoms with E-state index in [0.29, 0.717) is 0 Å². The highest BCUT2D eigenvalue weighted by Gasteiger charge is 2.20. The molecule has 0 bridgehead atoms. The summed E-state index contributed by atoms with van der Waals surface area (Å²) in [4.78, 5) is 5.14. The zero-order valence-electron chi connectivity index (χ0n) is 15.5. The molecule has 1 aliphatic heterocycles. The van der Waals surface area contributed by atoms with E-state index in [4.69, 9.17) is 0 Å². The fraction of sp³-hybridized carbons (Fsp3) is 0.273. The van der Waals surface area contributed by atoms with E-state index >= 15 is 0 Å². The van der Waals surface area contributed by atoms with E-state index in [1.807, 2.05) is 11.3 Å². The predicted molar refractivity (Wildman–Crippen MR) is 119 cm³/mol. The van der Waals surface area contributed by atoms with E-state index in [9.17, 15) is 0 Å². The molecule has 27 heavy (non-hydrogen) atoms. The van der Waals surface area contributed by atoms with Gasteiger partial charge in [0.25, 0.3) is 0 Å². The van der Waals surface area contributed by atoms with Crippen molar-refractivity contribution in [2.75, 3.05) is 31.1 Å². The Balaban J connectivity index is 0.00000180. The van der Waals surface area contributed by atoms with Crippen LogP contribution in [0.1, 0.15) is 5.56 Å². The Morgan fingerprint density at radius 2 is 1.70 bits per heavy atom. The second-order valence-corrected chi connectivity index (χ2v) is 8.10. The largest absolute Gasteiger partial charge is 0.368 e. The van der Waals surface area contributed by atoms with Crippen molar-refractivity contribution in [1.82, 2.24) is 9.47 Å². The van der Waals surface area contributed by atoms with Crippen LogP contribution in [0.15, 0.2) is 60.1 Å². The average Bonchev–Trinajstić information content (AvgIpc) is 3.28. The number of para-hydroxylation sites is 1. The quantitative estimate of drug-likeness (QED) is 0.474. The number of nitrogens with zero attached hydrogens (tertiary/aromatic N) is 3. The van der Waals surface area contributed by atoms with Gasteiger partial charge in [-0.25, -0.2) is 0 Å². The van der Waals surface area contributed by atoms with Crippen molar-refractivity contribution in [3.63, 3.8) is 0 Å². The first-order valence-corrected chi connectivity index (χ1v) is 10.1. The van der Waals surface area contributed by atoms with Gasteiger partial charge in [0.15, 0.2) is 0 Å². The minimum Gasteiger partial charge on any atom is -0.368 e. The van der Waals surface area contributed by atoms with Crippen molar-refractivity contribution < 1.29 is 0 Å². The van der Waals surface area contributed by atoms with E-state index < -0.39 is 0 Å². The molecule has 5 heteroatoms. The van der Waals surface area contributed by atoms with Crippen molar-refractivity contribution in [2.45, 2.75) is 6.54 Å². The van der Waals surface area contributed by atoms with Crippen LogP contribution < -0.4 is 4.90 Å². The highest BCUT2D eigenvalue weighted by atomic mass is 35.5. The lowest BCUT2D eigenvalue weighted by Crippen LogP contribution is -2.46. The van der Waals surface area contributed by atoms with Gasteiger partial charge in [-0.2, -0.15) is 0 Å². The molecule has 0 saturated carbocycles. The maximum atomic E-state index is 2.59. The summed E-state index contributed by atoms with van der Waals surface area (Å²) < 4.78 is 3.64. The smallest absolute Gasteiger partial charge is 0.0481 e. The molecule has 0 amide bonds. The monoisotopic (exact) mass is 397 g/mol. The van der Waals surface area contributed by atoms with Crippen molar-refractivity contribution in [2.24, 2.45) is 7.05 Å². The number of aryl methyl sites for hydroxylation is 1. The lowest BCUT2D eigenvalue weighted by molar-refractivity contribution is 0.251. The van der Waals surface area contributed by atoms with Crippen LogP contribution in [-0.4, -0.2) is 35.6 Å². The number of hydrogen-bond acceptors (Lipinski definition) is 3. The number of benzene rings is 2. The van der Waals surface area contributed by atoms with E-state index in [1.54, 1.807) is 0 Å². The summed E-state index contributed by atoms with van der Waals surface area (Å²) in [7, 11) is 2.14. The number of halogens is 1. The lowest BCUT2D eigenvalue weighted by Gasteiger charge is -2.36. The first kappa shape index (κ1) is 18.4. The second kappa shape index (κ2) is 7.55. The summed E-state index contributed by atoms with van der Waals surface area (Å²) in [5.74, 6) is 0. The topological polar surface area (TPSA) is 11.4 Å². The van der Waals surface area contributed by atoms with Crippen LogP contribution in [0.4, 0.5) is 5.69 Å². The maximum absolute atomic E-state index is 2.59. The molecule has 0 spiro atoms. The minimum absolute atomic E-state index is 0. The van der Waals surface area contributed by atoms with Gasteiger partial charge in [-0.15, -0.1) is 23.7 Å². The number of hydrogen-bond donors (Lipinski definition) is 0. The third-order valence-electron chi connectivity index (χ3n) is 5.56. The van der Waals surface area contributed by atoms with Crippen LogP contribution in [0.3, 0.4) is 0 Å². The Bertz CT molecular complexity index is 1060. The molecule has 4 aromatic rings. The molecule has 1 saturated heterocycles. The Labute approximate surface area is 170 Å². The number of fused-ring (bicyclic) bond motifs is 2. The first-order valence-electron chi connectivity index (χ1n) is 9.26. The Morgan fingerprint density at radius 1 is 0.889 bits per heavy atom. The van der Waals surface area contributed by atoms with E-state index in [0.717, 1.165) is 32.7 Å². The molecule has 0 radical (unpaired) electrons. The molecule has 5 rings (SSSR count). The number of anilines is 1. The summed E-state index contributed by atoms with van der Waals surface area (Å²) in [6.45, 7) is 5.46. The Kier molecular flexibility index (Phi) is 5.13. The molecule has 0 aliphatic carbocycles. The van der Waals surface area contributed by atoms with Crippen LogP contribution in [0.5, 0.6) is 0 Å². The minimum atomic E-state index is 0. The molecule has 1 aliphatic rings. The summed E-state index contributed by atoms with van der Waals surface area (Å²) in [6.07, 6.45) is 2.29. The van der Waals surface area contributed by atoms with Crippen molar-refractivity contribution in [3.8, 4) is 0 Å². The zero-order valence-corrected chi connectivity index (χ0v) is 17.1. The molecule has 3 heterocycles. The molecule has 0 N–H and O–H groups in total. The highest BCUT2D eigenvalue weighted by molar-refractivity contribution is 7.17.